The van der Waals surface area contributed by atoms with Gasteiger partial charge in [-0.25, -0.2) is 4.98 Å². The number of aromatic nitrogens is 1. The molecule has 0 aliphatic carbocycles. The number of rotatable bonds is 7. The predicted molar refractivity (Wildman–Crippen MR) is 107 cm³/mol. The summed E-state index contributed by atoms with van der Waals surface area (Å²) in [4.78, 5) is 20.1. The lowest BCUT2D eigenvalue weighted by atomic mass is 10.2. The Morgan fingerprint density at radius 2 is 1.88 bits per heavy atom. The predicted octanol–water partition coefficient (Wildman–Crippen LogP) is 4.62. The highest BCUT2D eigenvalue weighted by Gasteiger charge is 2.18. The van der Waals surface area contributed by atoms with Gasteiger partial charge in [-0.15, -0.1) is 11.3 Å². The fourth-order valence-electron chi connectivity index (χ4n) is 2.85. The number of halogens is 1. The molecule has 0 atom stereocenters. The van der Waals surface area contributed by atoms with E-state index in [9.17, 15) is 4.79 Å². The number of carbonyl (C=O) groups is 1. The molecule has 6 heteroatoms. The summed E-state index contributed by atoms with van der Waals surface area (Å²) in [5, 5.41) is 4.44. The summed E-state index contributed by atoms with van der Waals surface area (Å²) in [6.45, 7) is 12.0. The Morgan fingerprint density at radius 3 is 2.48 bits per heavy atom. The van der Waals surface area contributed by atoms with E-state index in [0.29, 0.717) is 28.5 Å². The lowest BCUT2D eigenvalue weighted by Crippen LogP contribution is -2.42. The summed E-state index contributed by atoms with van der Waals surface area (Å²) in [6, 6.07) is 8.47. The van der Waals surface area contributed by atoms with E-state index in [4.69, 9.17) is 11.6 Å². The van der Waals surface area contributed by atoms with Gasteiger partial charge < -0.3 is 5.32 Å². The molecule has 0 fully saturated rings. The molecule has 4 nitrogen and oxygen atoms in total. The minimum atomic E-state index is -0.0687. The van der Waals surface area contributed by atoms with Crippen molar-refractivity contribution in [3.8, 4) is 10.6 Å². The van der Waals surface area contributed by atoms with Crippen LogP contribution in [-0.2, 0) is 0 Å². The van der Waals surface area contributed by atoms with Crippen LogP contribution in [0.1, 0.15) is 43.1 Å². The molecule has 2 aromatic rings. The molecule has 0 saturated carbocycles. The first-order valence-corrected chi connectivity index (χ1v) is 9.77. The topological polar surface area (TPSA) is 45.2 Å². The standard InChI is InChI=1S/C19H26ClN3OS/c1-12(2)23(13(3)4)11-10-21-18(24)17-14(5)22-19(25-17)15-8-6-7-9-16(15)20/h6-9,12-13H,10-11H2,1-5H3,(H,21,24). The highest BCUT2D eigenvalue weighted by Crippen LogP contribution is 2.32. The molecule has 136 valence electrons. The average molecular weight is 380 g/mol. The first kappa shape index (κ1) is 19.9. The second-order valence-electron chi connectivity index (χ2n) is 6.59. The summed E-state index contributed by atoms with van der Waals surface area (Å²) in [5.41, 5.74) is 1.60. The minimum absolute atomic E-state index is 0.0687. The number of carbonyl (C=O) groups excluding carboxylic acids is 1. The summed E-state index contributed by atoms with van der Waals surface area (Å²) in [6.07, 6.45) is 0. The van der Waals surface area contributed by atoms with Crippen molar-refractivity contribution in [3.63, 3.8) is 0 Å². The van der Waals surface area contributed by atoms with E-state index in [1.165, 1.54) is 11.3 Å². The molecule has 1 aromatic carbocycles. The molecule has 1 N–H and O–H groups in total. The van der Waals surface area contributed by atoms with Crippen LogP contribution in [0.25, 0.3) is 10.6 Å². The Morgan fingerprint density at radius 1 is 1.24 bits per heavy atom. The second-order valence-corrected chi connectivity index (χ2v) is 8.00. The molecule has 0 radical (unpaired) electrons. The normalized spacial score (nSPS) is 11.6. The maximum atomic E-state index is 12.5. The largest absolute Gasteiger partial charge is 0.350 e. The Hall–Kier alpha value is -1.43. The van der Waals surface area contributed by atoms with Crippen LogP contribution in [0.5, 0.6) is 0 Å². The van der Waals surface area contributed by atoms with E-state index in [1.807, 2.05) is 31.2 Å². The van der Waals surface area contributed by atoms with E-state index >= 15 is 0 Å². The van der Waals surface area contributed by atoms with Crippen LogP contribution < -0.4 is 5.32 Å². The zero-order valence-electron chi connectivity index (χ0n) is 15.5. The molecule has 2 rings (SSSR count). The van der Waals surface area contributed by atoms with Crippen LogP contribution in [0.15, 0.2) is 24.3 Å². The SMILES string of the molecule is Cc1nc(-c2ccccc2Cl)sc1C(=O)NCCN(C(C)C)C(C)C. The van der Waals surface area contributed by atoms with Gasteiger partial charge in [0, 0.05) is 30.7 Å². The van der Waals surface area contributed by atoms with E-state index in [1.54, 1.807) is 0 Å². The van der Waals surface area contributed by atoms with Crippen LogP contribution in [-0.4, -0.2) is 41.0 Å². The third kappa shape index (κ3) is 5.03. The zero-order chi connectivity index (χ0) is 18.6. The van der Waals surface area contributed by atoms with Gasteiger partial charge in [-0.05, 0) is 40.7 Å². The maximum absolute atomic E-state index is 12.5. The molecule has 0 spiro atoms. The Kier molecular flexibility index (Phi) is 6.99. The van der Waals surface area contributed by atoms with Crippen molar-refractivity contribution < 1.29 is 4.79 Å². The Balaban J connectivity index is 2.04. The first-order valence-electron chi connectivity index (χ1n) is 8.57. The van der Waals surface area contributed by atoms with Crippen LogP contribution in [0.4, 0.5) is 0 Å². The molecule has 1 heterocycles. The summed E-state index contributed by atoms with van der Waals surface area (Å²) in [5.74, 6) is -0.0687. The molecule has 0 aliphatic rings. The van der Waals surface area contributed by atoms with Gasteiger partial charge in [0.1, 0.15) is 9.88 Å². The van der Waals surface area contributed by atoms with E-state index in [0.717, 1.165) is 22.8 Å². The number of nitrogens with zero attached hydrogens (tertiary/aromatic N) is 2. The molecule has 25 heavy (non-hydrogen) atoms. The molecule has 0 bridgehead atoms. The van der Waals surface area contributed by atoms with Crippen molar-refractivity contribution >= 4 is 28.8 Å². The van der Waals surface area contributed by atoms with Crippen LogP contribution in [0.3, 0.4) is 0 Å². The number of nitrogens with one attached hydrogen (secondary N) is 1. The Labute approximate surface area is 159 Å². The van der Waals surface area contributed by atoms with Crippen molar-refractivity contribution in [3.05, 3.63) is 39.9 Å². The molecular formula is C19H26ClN3OS. The van der Waals surface area contributed by atoms with Gasteiger partial charge in [0.25, 0.3) is 5.91 Å². The molecular weight excluding hydrogens is 354 g/mol. The molecule has 0 aliphatic heterocycles. The van der Waals surface area contributed by atoms with Crippen molar-refractivity contribution in [1.29, 1.82) is 0 Å². The number of hydrogen-bond donors (Lipinski definition) is 1. The summed E-state index contributed by atoms with van der Waals surface area (Å²) < 4.78 is 0. The van der Waals surface area contributed by atoms with Gasteiger partial charge in [-0.1, -0.05) is 29.8 Å². The Bertz CT molecular complexity index is 719. The molecule has 0 unspecified atom stereocenters. The van der Waals surface area contributed by atoms with Gasteiger partial charge in [0.15, 0.2) is 0 Å². The number of benzene rings is 1. The van der Waals surface area contributed by atoms with Gasteiger partial charge in [0.05, 0.1) is 10.7 Å². The highest BCUT2D eigenvalue weighted by atomic mass is 35.5. The van der Waals surface area contributed by atoms with Crippen molar-refractivity contribution in [2.45, 2.75) is 46.7 Å². The highest BCUT2D eigenvalue weighted by molar-refractivity contribution is 7.17. The summed E-state index contributed by atoms with van der Waals surface area (Å²) >= 11 is 7.62. The van der Waals surface area contributed by atoms with Crippen LogP contribution in [0.2, 0.25) is 5.02 Å². The molecule has 0 saturated heterocycles. The third-order valence-corrected chi connectivity index (χ3v) is 5.61. The van der Waals surface area contributed by atoms with E-state index in [-0.39, 0.29) is 5.91 Å². The fraction of sp³-hybridized carbons (Fsp3) is 0.474. The van der Waals surface area contributed by atoms with Gasteiger partial charge in [-0.2, -0.15) is 0 Å². The van der Waals surface area contributed by atoms with E-state index < -0.39 is 0 Å². The minimum Gasteiger partial charge on any atom is -0.350 e. The third-order valence-electron chi connectivity index (χ3n) is 4.09. The van der Waals surface area contributed by atoms with Crippen molar-refractivity contribution in [2.75, 3.05) is 13.1 Å². The molecule has 1 amide bonds. The number of hydrogen-bond acceptors (Lipinski definition) is 4. The lowest BCUT2D eigenvalue weighted by Gasteiger charge is -2.30. The zero-order valence-corrected chi connectivity index (χ0v) is 17.0. The van der Waals surface area contributed by atoms with Gasteiger partial charge >= 0.3 is 0 Å². The first-order chi connectivity index (χ1) is 11.8. The number of thiazole rings is 1. The number of amides is 1. The van der Waals surface area contributed by atoms with Crippen molar-refractivity contribution in [1.82, 2.24) is 15.2 Å². The molecule has 1 aromatic heterocycles. The van der Waals surface area contributed by atoms with Gasteiger partial charge in [0.2, 0.25) is 0 Å². The van der Waals surface area contributed by atoms with Crippen LogP contribution >= 0.6 is 22.9 Å². The van der Waals surface area contributed by atoms with Crippen LogP contribution in [0, 0.1) is 6.92 Å². The average Bonchev–Trinajstić information content (AvgIpc) is 2.92. The lowest BCUT2D eigenvalue weighted by molar-refractivity contribution is 0.0942. The van der Waals surface area contributed by atoms with Crippen molar-refractivity contribution in [2.24, 2.45) is 0 Å². The second kappa shape index (κ2) is 8.79. The fourth-order valence-corrected chi connectivity index (χ4v) is 4.15. The maximum Gasteiger partial charge on any atom is 0.263 e. The monoisotopic (exact) mass is 379 g/mol. The van der Waals surface area contributed by atoms with Gasteiger partial charge in [-0.3, -0.25) is 9.69 Å². The summed E-state index contributed by atoms with van der Waals surface area (Å²) in [7, 11) is 0. The smallest absolute Gasteiger partial charge is 0.263 e. The quantitative estimate of drug-likeness (QED) is 0.763. The number of aryl methyl sites for hydroxylation is 1. The van der Waals surface area contributed by atoms with E-state index in [2.05, 4.69) is 42.9 Å².